The van der Waals surface area contributed by atoms with Crippen LogP contribution in [-0.4, -0.2) is 15.7 Å². The molecule has 5 rings (SSSR count). The van der Waals surface area contributed by atoms with E-state index in [0.717, 1.165) is 28.1 Å². The zero-order valence-corrected chi connectivity index (χ0v) is 16.6. The molecule has 0 spiro atoms. The summed E-state index contributed by atoms with van der Waals surface area (Å²) in [5, 5.41) is 8.51. The average molecular weight is 418 g/mol. The Kier molecular flexibility index (Phi) is 4.60. The third kappa shape index (κ3) is 3.27. The van der Waals surface area contributed by atoms with Gasteiger partial charge in [0, 0.05) is 28.5 Å². The van der Waals surface area contributed by atoms with Gasteiger partial charge in [-0.05, 0) is 42.0 Å². The normalized spacial score (nSPS) is 15.5. The molecule has 1 aromatic heterocycles. The fourth-order valence-electron chi connectivity index (χ4n) is 3.91. The van der Waals surface area contributed by atoms with E-state index in [0.29, 0.717) is 10.8 Å². The summed E-state index contributed by atoms with van der Waals surface area (Å²) in [7, 11) is 0. The fraction of sp³-hybridized carbons (Fsp3) is 0.0833. The molecular formula is C24H17ClFN3O. The van der Waals surface area contributed by atoms with Crippen molar-refractivity contribution in [3.05, 3.63) is 101 Å². The van der Waals surface area contributed by atoms with Gasteiger partial charge < -0.3 is 5.32 Å². The Hall–Kier alpha value is -3.44. The van der Waals surface area contributed by atoms with Crippen LogP contribution in [0.2, 0.25) is 5.02 Å². The molecule has 1 amide bonds. The first-order chi connectivity index (χ1) is 14.6. The number of carbonyl (C=O) groups is 1. The van der Waals surface area contributed by atoms with E-state index in [4.69, 9.17) is 16.7 Å². The Morgan fingerprint density at radius 1 is 0.967 bits per heavy atom. The minimum atomic E-state index is -0.308. The monoisotopic (exact) mass is 417 g/mol. The predicted octanol–water partition coefficient (Wildman–Crippen LogP) is 5.81. The molecule has 0 saturated heterocycles. The zero-order valence-electron chi connectivity index (χ0n) is 15.8. The third-order valence-corrected chi connectivity index (χ3v) is 5.56. The van der Waals surface area contributed by atoms with Crippen molar-refractivity contribution in [1.29, 1.82) is 0 Å². The molecule has 4 nitrogen and oxygen atoms in total. The summed E-state index contributed by atoms with van der Waals surface area (Å²) >= 11 is 6.08. The summed E-state index contributed by atoms with van der Waals surface area (Å²) in [4.78, 5) is 12.6. The standard InChI is InChI=1S/C24H17ClFN3O/c25-17-10-6-16(7-11-17)23-22-20(15-8-12-18(26)13-9-15)14-21(30)27-24(22)29(28-23)19-4-2-1-3-5-19/h1-13,20H,14H2,(H,27,30)/t20-/m1/s1. The molecule has 6 heteroatoms. The molecule has 0 radical (unpaired) electrons. The lowest BCUT2D eigenvalue weighted by atomic mass is 9.84. The van der Waals surface area contributed by atoms with Crippen molar-refractivity contribution in [2.75, 3.05) is 5.32 Å². The highest BCUT2D eigenvalue weighted by Gasteiger charge is 2.34. The van der Waals surface area contributed by atoms with E-state index < -0.39 is 0 Å². The molecule has 0 fully saturated rings. The van der Waals surface area contributed by atoms with Crippen molar-refractivity contribution in [3.8, 4) is 16.9 Å². The molecule has 4 aromatic rings. The quantitative estimate of drug-likeness (QED) is 0.457. The van der Waals surface area contributed by atoms with Gasteiger partial charge in [-0.2, -0.15) is 5.10 Å². The zero-order chi connectivity index (χ0) is 20.7. The first kappa shape index (κ1) is 18.6. The van der Waals surface area contributed by atoms with Crippen LogP contribution in [0.15, 0.2) is 78.9 Å². The lowest BCUT2D eigenvalue weighted by molar-refractivity contribution is -0.116. The third-order valence-electron chi connectivity index (χ3n) is 5.31. The second kappa shape index (κ2) is 7.43. The maximum atomic E-state index is 13.5. The van der Waals surface area contributed by atoms with Crippen LogP contribution < -0.4 is 5.32 Å². The lowest BCUT2D eigenvalue weighted by Crippen LogP contribution is -2.24. The van der Waals surface area contributed by atoms with Crippen LogP contribution >= 0.6 is 11.6 Å². The molecule has 0 saturated carbocycles. The number of halogens is 2. The number of anilines is 1. The van der Waals surface area contributed by atoms with Gasteiger partial charge in [0.25, 0.3) is 0 Å². The largest absolute Gasteiger partial charge is 0.310 e. The first-order valence-electron chi connectivity index (χ1n) is 9.60. The number of hydrogen-bond acceptors (Lipinski definition) is 2. The SMILES string of the molecule is O=C1C[C@H](c2ccc(F)cc2)c2c(-c3ccc(Cl)cc3)nn(-c3ccccc3)c2N1. The maximum absolute atomic E-state index is 13.5. The number of aromatic nitrogens is 2. The summed E-state index contributed by atoms with van der Waals surface area (Å²) in [6.45, 7) is 0. The van der Waals surface area contributed by atoms with Crippen LogP contribution in [0.25, 0.3) is 16.9 Å². The molecule has 2 heterocycles. The fourth-order valence-corrected chi connectivity index (χ4v) is 4.03. The van der Waals surface area contributed by atoms with Gasteiger partial charge in [0.15, 0.2) is 0 Å². The Balaban J connectivity index is 1.76. The van der Waals surface area contributed by atoms with Crippen LogP contribution in [0.5, 0.6) is 0 Å². The van der Waals surface area contributed by atoms with Crippen molar-refractivity contribution in [2.24, 2.45) is 0 Å². The minimum absolute atomic E-state index is 0.100. The number of para-hydroxylation sites is 1. The van der Waals surface area contributed by atoms with E-state index in [2.05, 4.69) is 5.32 Å². The summed E-state index contributed by atoms with van der Waals surface area (Å²) in [5.41, 5.74) is 4.28. The Morgan fingerprint density at radius 3 is 2.37 bits per heavy atom. The van der Waals surface area contributed by atoms with E-state index in [9.17, 15) is 9.18 Å². The van der Waals surface area contributed by atoms with Crippen molar-refractivity contribution in [1.82, 2.24) is 9.78 Å². The summed E-state index contributed by atoms with van der Waals surface area (Å²) in [6, 6.07) is 23.4. The van der Waals surface area contributed by atoms with Crippen molar-refractivity contribution < 1.29 is 9.18 Å². The molecule has 148 valence electrons. The van der Waals surface area contributed by atoms with Crippen LogP contribution in [0.3, 0.4) is 0 Å². The average Bonchev–Trinajstić information content (AvgIpc) is 3.14. The summed E-state index contributed by atoms with van der Waals surface area (Å²) in [5.74, 6) is -0.0112. The van der Waals surface area contributed by atoms with Crippen LogP contribution in [0, 0.1) is 5.82 Å². The lowest BCUT2D eigenvalue weighted by Gasteiger charge is -2.24. The highest BCUT2D eigenvalue weighted by Crippen LogP contribution is 2.44. The number of benzene rings is 3. The van der Waals surface area contributed by atoms with Crippen molar-refractivity contribution in [2.45, 2.75) is 12.3 Å². The van der Waals surface area contributed by atoms with Gasteiger partial charge in [0.05, 0.1) is 11.4 Å². The predicted molar refractivity (Wildman–Crippen MR) is 115 cm³/mol. The van der Waals surface area contributed by atoms with E-state index in [-0.39, 0.29) is 24.1 Å². The van der Waals surface area contributed by atoms with E-state index in [1.807, 2.05) is 54.6 Å². The van der Waals surface area contributed by atoms with E-state index in [1.165, 1.54) is 12.1 Å². The number of amides is 1. The topological polar surface area (TPSA) is 46.9 Å². The molecule has 1 atom stereocenters. The van der Waals surface area contributed by atoms with Gasteiger partial charge in [-0.25, -0.2) is 9.07 Å². The second-order valence-corrected chi connectivity index (χ2v) is 7.66. The van der Waals surface area contributed by atoms with Crippen molar-refractivity contribution >= 4 is 23.3 Å². The number of carbonyl (C=O) groups excluding carboxylic acids is 1. The number of rotatable bonds is 3. The molecule has 1 N–H and O–H groups in total. The number of nitrogens with one attached hydrogen (secondary N) is 1. The van der Waals surface area contributed by atoms with Crippen LogP contribution in [-0.2, 0) is 4.79 Å². The Labute approximate surface area is 177 Å². The van der Waals surface area contributed by atoms with Gasteiger partial charge in [-0.15, -0.1) is 0 Å². The molecule has 1 aliphatic heterocycles. The van der Waals surface area contributed by atoms with Crippen molar-refractivity contribution in [3.63, 3.8) is 0 Å². The highest BCUT2D eigenvalue weighted by atomic mass is 35.5. The molecule has 3 aromatic carbocycles. The molecule has 1 aliphatic rings. The van der Waals surface area contributed by atoms with Gasteiger partial charge in [-0.1, -0.05) is 54.1 Å². The maximum Gasteiger partial charge on any atom is 0.226 e. The molecule has 0 bridgehead atoms. The number of fused-ring (bicyclic) bond motifs is 1. The second-order valence-electron chi connectivity index (χ2n) is 7.22. The smallest absolute Gasteiger partial charge is 0.226 e. The minimum Gasteiger partial charge on any atom is -0.310 e. The Morgan fingerprint density at radius 2 is 1.67 bits per heavy atom. The van der Waals surface area contributed by atoms with Gasteiger partial charge in [0.1, 0.15) is 11.6 Å². The van der Waals surface area contributed by atoms with Crippen LogP contribution in [0.4, 0.5) is 10.2 Å². The molecule has 0 aliphatic carbocycles. The molecule has 30 heavy (non-hydrogen) atoms. The van der Waals surface area contributed by atoms with Gasteiger partial charge in [-0.3, -0.25) is 4.79 Å². The first-order valence-corrected chi connectivity index (χ1v) is 9.97. The van der Waals surface area contributed by atoms with Crippen LogP contribution in [0.1, 0.15) is 23.5 Å². The summed E-state index contributed by atoms with van der Waals surface area (Å²) in [6.07, 6.45) is 0.264. The van der Waals surface area contributed by atoms with E-state index in [1.54, 1.807) is 16.8 Å². The molecule has 0 unspecified atom stereocenters. The number of nitrogens with zero attached hydrogens (tertiary/aromatic N) is 2. The number of hydrogen-bond donors (Lipinski definition) is 1. The Bertz CT molecular complexity index is 1220. The van der Waals surface area contributed by atoms with Gasteiger partial charge in [0.2, 0.25) is 5.91 Å². The highest BCUT2D eigenvalue weighted by molar-refractivity contribution is 6.30. The summed E-state index contributed by atoms with van der Waals surface area (Å²) < 4.78 is 15.3. The molecular weight excluding hydrogens is 401 g/mol. The van der Waals surface area contributed by atoms with E-state index >= 15 is 0 Å². The van der Waals surface area contributed by atoms with Gasteiger partial charge >= 0.3 is 0 Å².